The number of carbonyl (C=O) groups excluding carboxylic acids is 1. The van der Waals surface area contributed by atoms with Gasteiger partial charge in [-0.2, -0.15) is 8.42 Å². The fourth-order valence-electron chi connectivity index (χ4n) is 2.11. The molecule has 2 atom stereocenters. The van der Waals surface area contributed by atoms with Gasteiger partial charge in [0.25, 0.3) is 0 Å². The number of carbonyl (C=O) groups is 1. The van der Waals surface area contributed by atoms with Crippen LogP contribution in [0.25, 0.3) is 0 Å². The summed E-state index contributed by atoms with van der Waals surface area (Å²) in [6.45, 7) is 1.93. The minimum Gasteiger partial charge on any atom is -0.461 e. The lowest BCUT2D eigenvalue weighted by Gasteiger charge is -2.16. The number of halogens is 3. The van der Waals surface area contributed by atoms with E-state index in [0.29, 0.717) is 6.61 Å². The van der Waals surface area contributed by atoms with Gasteiger partial charge in [0.1, 0.15) is 11.5 Å². The summed E-state index contributed by atoms with van der Waals surface area (Å²) in [6.07, 6.45) is 0.157. The molecule has 1 heterocycles. The molecule has 1 saturated heterocycles. The maximum absolute atomic E-state index is 12.3. The highest BCUT2D eigenvalue weighted by Crippen LogP contribution is 2.34. The lowest BCUT2D eigenvalue weighted by molar-refractivity contribution is -0.154. The minimum absolute atomic E-state index is 0.0506. The van der Waals surface area contributed by atoms with Gasteiger partial charge in [0, 0.05) is 11.6 Å². The molecule has 6 nitrogen and oxygen atoms in total. The lowest BCUT2D eigenvalue weighted by Crippen LogP contribution is -2.29. The molecular formula is C14H15Cl3O6S. The van der Waals surface area contributed by atoms with Gasteiger partial charge in [0.15, 0.2) is 6.10 Å². The molecule has 10 heteroatoms. The van der Waals surface area contributed by atoms with E-state index in [1.807, 2.05) is 0 Å². The molecule has 0 aromatic heterocycles. The van der Waals surface area contributed by atoms with Crippen LogP contribution in [0.1, 0.15) is 19.8 Å². The normalized spacial score (nSPS) is 19.2. The molecule has 0 saturated carbocycles. The van der Waals surface area contributed by atoms with Crippen molar-refractivity contribution in [2.45, 2.75) is 36.9 Å². The second kappa shape index (κ2) is 8.21. The van der Waals surface area contributed by atoms with Crippen molar-refractivity contribution in [2.75, 3.05) is 13.2 Å². The number of rotatable bonds is 6. The zero-order chi connectivity index (χ0) is 17.9. The maximum atomic E-state index is 12.3. The molecule has 0 amide bonds. The van der Waals surface area contributed by atoms with E-state index in [4.69, 9.17) is 48.5 Å². The van der Waals surface area contributed by atoms with E-state index in [1.54, 1.807) is 0 Å². The van der Waals surface area contributed by atoms with Crippen molar-refractivity contribution in [1.29, 1.82) is 0 Å². The number of benzene rings is 1. The Morgan fingerprint density at radius 1 is 1.33 bits per heavy atom. The third kappa shape index (κ3) is 4.97. The van der Waals surface area contributed by atoms with Crippen LogP contribution in [0.5, 0.6) is 0 Å². The van der Waals surface area contributed by atoms with Crippen molar-refractivity contribution in [2.24, 2.45) is 0 Å². The summed E-state index contributed by atoms with van der Waals surface area (Å²) in [6, 6.07) is 2.43. The first-order valence-corrected chi connectivity index (χ1v) is 9.61. The van der Waals surface area contributed by atoms with E-state index in [-0.39, 0.29) is 27.8 Å². The topological polar surface area (TPSA) is 78.9 Å². The second-order valence-electron chi connectivity index (χ2n) is 5.16. The lowest BCUT2D eigenvalue weighted by atomic mass is 10.2. The van der Waals surface area contributed by atoms with Gasteiger partial charge in [-0.05, 0) is 31.9 Å². The average Bonchev–Trinajstić information content (AvgIpc) is 2.95. The molecule has 0 N–H and O–H groups in total. The average molecular weight is 418 g/mol. The second-order valence-corrected chi connectivity index (χ2v) is 7.92. The standard InChI is InChI=1S/C14H15Cl3O6S/c1-8(14(18)22-7-10-3-2-4-21-10)23-24(19,20)13-11(16)5-9(15)6-12(13)17/h5-6,8,10H,2-4,7H2,1H3/t8-,10?/m0/s1. The third-order valence-electron chi connectivity index (χ3n) is 3.25. The highest BCUT2D eigenvalue weighted by molar-refractivity contribution is 7.87. The van der Waals surface area contributed by atoms with E-state index in [0.717, 1.165) is 12.8 Å². The molecule has 0 spiro atoms. The first-order valence-electron chi connectivity index (χ1n) is 7.07. The predicted octanol–water partition coefficient (Wildman–Crippen LogP) is 3.46. The van der Waals surface area contributed by atoms with Gasteiger partial charge in [-0.3, -0.25) is 4.18 Å². The molecule has 1 aliphatic heterocycles. The number of ether oxygens (including phenoxy) is 2. The van der Waals surface area contributed by atoms with Crippen LogP contribution in [0.3, 0.4) is 0 Å². The van der Waals surface area contributed by atoms with E-state index in [1.165, 1.54) is 19.1 Å². The van der Waals surface area contributed by atoms with Crippen LogP contribution in [0.2, 0.25) is 15.1 Å². The van der Waals surface area contributed by atoms with Crippen molar-refractivity contribution < 1.29 is 26.9 Å². The Morgan fingerprint density at radius 3 is 2.50 bits per heavy atom. The first kappa shape index (κ1) is 19.8. The van der Waals surface area contributed by atoms with Crippen LogP contribution in [0.4, 0.5) is 0 Å². The van der Waals surface area contributed by atoms with Gasteiger partial charge in [-0.1, -0.05) is 34.8 Å². The van der Waals surface area contributed by atoms with Crippen LogP contribution in [-0.4, -0.2) is 39.8 Å². The van der Waals surface area contributed by atoms with Gasteiger partial charge >= 0.3 is 16.1 Å². The van der Waals surface area contributed by atoms with Crippen LogP contribution < -0.4 is 0 Å². The molecule has 2 rings (SSSR count). The van der Waals surface area contributed by atoms with Crippen LogP contribution >= 0.6 is 34.8 Å². The van der Waals surface area contributed by atoms with E-state index in [2.05, 4.69) is 0 Å². The Hall–Kier alpha value is -0.570. The Labute approximate surface area is 155 Å². The highest BCUT2D eigenvalue weighted by atomic mass is 35.5. The molecule has 24 heavy (non-hydrogen) atoms. The summed E-state index contributed by atoms with van der Waals surface area (Å²) < 4.78 is 39.8. The molecule has 0 radical (unpaired) electrons. The zero-order valence-electron chi connectivity index (χ0n) is 12.6. The summed E-state index contributed by atoms with van der Waals surface area (Å²) >= 11 is 17.5. The van der Waals surface area contributed by atoms with Gasteiger partial charge in [0.2, 0.25) is 0 Å². The molecule has 1 fully saturated rings. The molecule has 0 aliphatic carbocycles. The molecule has 1 aromatic rings. The summed E-state index contributed by atoms with van der Waals surface area (Å²) in [4.78, 5) is 11.4. The van der Waals surface area contributed by atoms with Crippen LogP contribution in [0, 0.1) is 0 Å². The SMILES string of the molecule is C[C@H](OS(=O)(=O)c1c(Cl)cc(Cl)cc1Cl)C(=O)OCC1CCCO1. The van der Waals surface area contributed by atoms with Crippen molar-refractivity contribution in [1.82, 2.24) is 0 Å². The van der Waals surface area contributed by atoms with Crippen molar-refractivity contribution >= 4 is 50.9 Å². The Balaban J connectivity index is 2.04. The monoisotopic (exact) mass is 416 g/mol. The Morgan fingerprint density at radius 2 is 1.96 bits per heavy atom. The number of hydrogen-bond donors (Lipinski definition) is 0. The third-order valence-corrected chi connectivity index (χ3v) is 5.77. The quantitative estimate of drug-likeness (QED) is 0.521. The first-order chi connectivity index (χ1) is 11.2. The van der Waals surface area contributed by atoms with E-state index in [9.17, 15) is 13.2 Å². The molecule has 134 valence electrons. The smallest absolute Gasteiger partial charge is 0.336 e. The van der Waals surface area contributed by atoms with Crippen LogP contribution in [-0.2, 0) is 28.6 Å². The molecule has 1 unspecified atom stereocenters. The fraction of sp³-hybridized carbons (Fsp3) is 0.500. The summed E-state index contributed by atoms with van der Waals surface area (Å²) in [5.74, 6) is -0.824. The summed E-state index contributed by atoms with van der Waals surface area (Å²) in [5.41, 5.74) is 0. The largest absolute Gasteiger partial charge is 0.461 e. The fourth-order valence-corrected chi connectivity index (χ4v) is 4.65. The van der Waals surface area contributed by atoms with Crippen molar-refractivity contribution in [3.63, 3.8) is 0 Å². The predicted molar refractivity (Wildman–Crippen MR) is 89.1 cm³/mol. The highest BCUT2D eigenvalue weighted by Gasteiger charge is 2.30. The molecule has 1 aliphatic rings. The van der Waals surface area contributed by atoms with Gasteiger partial charge in [0.05, 0.1) is 16.1 Å². The van der Waals surface area contributed by atoms with Crippen LogP contribution in [0.15, 0.2) is 17.0 Å². The van der Waals surface area contributed by atoms with Gasteiger partial charge in [-0.15, -0.1) is 0 Å². The summed E-state index contributed by atoms with van der Waals surface area (Å²) in [5, 5.41) is -0.229. The van der Waals surface area contributed by atoms with Crippen molar-refractivity contribution in [3.05, 3.63) is 27.2 Å². The summed E-state index contributed by atoms with van der Waals surface area (Å²) in [7, 11) is -4.37. The minimum atomic E-state index is -4.37. The number of hydrogen-bond acceptors (Lipinski definition) is 6. The zero-order valence-corrected chi connectivity index (χ0v) is 15.7. The Bertz CT molecular complexity index is 692. The van der Waals surface area contributed by atoms with Gasteiger partial charge < -0.3 is 9.47 Å². The van der Waals surface area contributed by atoms with Gasteiger partial charge in [-0.25, -0.2) is 4.79 Å². The maximum Gasteiger partial charge on any atom is 0.336 e. The Kier molecular flexibility index (Phi) is 6.75. The molecule has 1 aromatic carbocycles. The molecular weight excluding hydrogens is 403 g/mol. The van der Waals surface area contributed by atoms with E-state index >= 15 is 0 Å². The van der Waals surface area contributed by atoms with Crippen molar-refractivity contribution in [3.8, 4) is 0 Å². The van der Waals surface area contributed by atoms with E-state index < -0.39 is 27.1 Å². The number of esters is 1. The molecule has 0 bridgehead atoms.